The van der Waals surface area contributed by atoms with Crippen LogP contribution in [0.25, 0.3) is 5.82 Å². The van der Waals surface area contributed by atoms with Gasteiger partial charge in [-0.15, -0.1) is 0 Å². The van der Waals surface area contributed by atoms with Crippen molar-refractivity contribution in [1.29, 1.82) is 0 Å². The normalized spacial score (nSPS) is 15.9. The number of rotatable bonds is 7. The summed E-state index contributed by atoms with van der Waals surface area (Å²) in [5, 5.41) is 6.08. The zero-order valence-electron chi connectivity index (χ0n) is 17.0. The van der Waals surface area contributed by atoms with E-state index in [0.717, 1.165) is 16.0 Å². The van der Waals surface area contributed by atoms with Crippen molar-refractivity contribution in [3.63, 3.8) is 0 Å². The highest BCUT2D eigenvalue weighted by molar-refractivity contribution is 9.10. The van der Waals surface area contributed by atoms with E-state index in [2.05, 4.69) is 41.5 Å². The summed E-state index contributed by atoms with van der Waals surface area (Å²) in [5.41, 5.74) is 0.795. The van der Waals surface area contributed by atoms with Crippen LogP contribution in [-0.2, 0) is 9.59 Å². The number of aryl methyl sites for hydroxylation is 1. The van der Waals surface area contributed by atoms with Crippen LogP contribution in [-0.4, -0.2) is 51.0 Å². The molecule has 1 fully saturated rings. The molecule has 9 nitrogen and oxygen atoms in total. The molecule has 2 N–H and O–H groups in total. The van der Waals surface area contributed by atoms with Gasteiger partial charge in [-0.1, -0.05) is 22.0 Å². The van der Waals surface area contributed by atoms with Crippen molar-refractivity contribution in [2.45, 2.75) is 13.3 Å². The number of amides is 2. The van der Waals surface area contributed by atoms with Gasteiger partial charge in [-0.05, 0) is 25.1 Å². The van der Waals surface area contributed by atoms with Crippen molar-refractivity contribution in [2.75, 3.05) is 29.9 Å². The van der Waals surface area contributed by atoms with Gasteiger partial charge in [0.25, 0.3) is 0 Å². The van der Waals surface area contributed by atoms with Crippen LogP contribution < -0.4 is 15.5 Å². The maximum Gasteiger partial charge on any atom is 0.227 e. The van der Waals surface area contributed by atoms with Crippen LogP contribution >= 0.6 is 15.9 Å². The van der Waals surface area contributed by atoms with E-state index in [9.17, 15) is 9.59 Å². The number of hydrogen-bond donors (Lipinski definition) is 2. The van der Waals surface area contributed by atoms with Crippen LogP contribution in [0.4, 0.5) is 11.5 Å². The van der Waals surface area contributed by atoms with Gasteiger partial charge in [-0.2, -0.15) is 0 Å². The first-order valence-corrected chi connectivity index (χ1v) is 10.7. The minimum absolute atomic E-state index is 0.0420. The highest BCUT2D eigenvalue weighted by Crippen LogP contribution is 2.27. The van der Waals surface area contributed by atoms with Gasteiger partial charge in [0.05, 0.1) is 5.92 Å². The van der Waals surface area contributed by atoms with Crippen LogP contribution in [0.1, 0.15) is 12.2 Å². The topological polar surface area (TPSA) is 105 Å². The number of aromatic nitrogens is 4. The number of imidazole rings is 1. The smallest absolute Gasteiger partial charge is 0.227 e. The van der Waals surface area contributed by atoms with Crippen LogP contribution in [0.15, 0.2) is 53.5 Å². The third-order valence-corrected chi connectivity index (χ3v) is 5.56. The molecule has 4 rings (SSSR count). The van der Waals surface area contributed by atoms with Crippen LogP contribution in [0.3, 0.4) is 0 Å². The zero-order chi connectivity index (χ0) is 21.8. The van der Waals surface area contributed by atoms with Crippen LogP contribution in [0.5, 0.6) is 0 Å². The lowest BCUT2D eigenvalue weighted by Gasteiger charge is -2.17. The summed E-state index contributed by atoms with van der Waals surface area (Å²) in [7, 11) is 0. The van der Waals surface area contributed by atoms with Crippen molar-refractivity contribution in [1.82, 2.24) is 24.8 Å². The molecule has 2 amide bonds. The van der Waals surface area contributed by atoms with Gasteiger partial charge in [0.2, 0.25) is 11.8 Å². The van der Waals surface area contributed by atoms with E-state index in [-0.39, 0.29) is 24.2 Å². The fourth-order valence-corrected chi connectivity index (χ4v) is 3.88. The molecule has 2 aromatic heterocycles. The Morgan fingerprint density at radius 1 is 1.23 bits per heavy atom. The molecule has 1 aromatic carbocycles. The molecule has 160 valence electrons. The molecule has 10 heteroatoms. The Hall–Kier alpha value is -3.27. The molecule has 3 heterocycles. The molecule has 0 bridgehead atoms. The van der Waals surface area contributed by atoms with E-state index in [4.69, 9.17) is 0 Å². The minimum Gasteiger partial charge on any atom is -0.368 e. The van der Waals surface area contributed by atoms with Gasteiger partial charge in [0.1, 0.15) is 23.8 Å². The number of hydrogen-bond acceptors (Lipinski definition) is 6. The monoisotopic (exact) mass is 483 g/mol. The average Bonchev–Trinajstić information content (AvgIpc) is 3.37. The first-order chi connectivity index (χ1) is 15.0. The van der Waals surface area contributed by atoms with Crippen molar-refractivity contribution in [3.05, 3.63) is 59.3 Å². The van der Waals surface area contributed by atoms with Crippen LogP contribution in [0, 0.1) is 12.8 Å². The van der Waals surface area contributed by atoms with E-state index in [1.54, 1.807) is 11.1 Å². The van der Waals surface area contributed by atoms with Gasteiger partial charge in [-0.25, -0.2) is 15.0 Å². The van der Waals surface area contributed by atoms with E-state index in [1.165, 1.54) is 6.33 Å². The maximum atomic E-state index is 12.5. The largest absolute Gasteiger partial charge is 0.368 e. The fraction of sp³-hybridized carbons (Fsp3) is 0.286. The van der Waals surface area contributed by atoms with Gasteiger partial charge >= 0.3 is 0 Å². The van der Waals surface area contributed by atoms with Gasteiger partial charge in [-0.3, -0.25) is 14.2 Å². The van der Waals surface area contributed by atoms with Crippen molar-refractivity contribution >= 4 is 39.2 Å². The third-order valence-electron chi connectivity index (χ3n) is 5.07. The Labute approximate surface area is 188 Å². The van der Waals surface area contributed by atoms with Crippen LogP contribution in [0.2, 0.25) is 0 Å². The number of anilines is 2. The predicted molar refractivity (Wildman–Crippen MR) is 120 cm³/mol. The lowest BCUT2D eigenvalue weighted by Crippen LogP contribution is -2.35. The molecule has 0 spiro atoms. The molecule has 0 aliphatic carbocycles. The number of carbonyl (C=O) groups excluding carboxylic acids is 2. The molecule has 1 saturated heterocycles. The van der Waals surface area contributed by atoms with E-state index in [0.29, 0.717) is 31.3 Å². The molecule has 0 radical (unpaired) electrons. The molecule has 3 aromatic rings. The Morgan fingerprint density at radius 3 is 2.87 bits per heavy atom. The second-order valence-electron chi connectivity index (χ2n) is 7.21. The second-order valence-corrected chi connectivity index (χ2v) is 8.12. The van der Waals surface area contributed by atoms with Crippen molar-refractivity contribution < 1.29 is 9.59 Å². The van der Waals surface area contributed by atoms with E-state index in [1.807, 2.05) is 48.0 Å². The summed E-state index contributed by atoms with van der Waals surface area (Å²) in [6, 6.07) is 9.34. The van der Waals surface area contributed by atoms with E-state index >= 15 is 0 Å². The lowest BCUT2D eigenvalue weighted by atomic mass is 10.1. The zero-order valence-corrected chi connectivity index (χ0v) is 18.5. The summed E-state index contributed by atoms with van der Waals surface area (Å²) in [6.07, 6.45) is 5.25. The summed E-state index contributed by atoms with van der Waals surface area (Å²) in [4.78, 5) is 39.2. The molecular weight excluding hydrogens is 462 g/mol. The van der Waals surface area contributed by atoms with Crippen molar-refractivity contribution in [3.8, 4) is 5.82 Å². The Balaban J connectivity index is 1.26. The standard InChI is InChI=1S/C21H22BrN7O2/c1-14-23-7-8-28(14)19-11-18(26-13-27-19)24-5-6-25-21(31)15-9-20(30)29(12-15)17-4-2-3-16(22)10-17/h2-4,7-8,10-11,13,15H,5-6,9,12H2,1H3,(H,25,31)(H,24,26,27)/t15-/m0/s1. The van der Waals surface area contributed by atoms with Gasteiger partial charge in [0.15, 0.2) is 0 Å². The molecule has 1 atom stereocenters. The first kappa shape index (κ1) is 21.0. The fourth-order valence-electron chi connectivity index (χ4n) is 3.49. The number of benzene rings is 1. The highest BCUT2D eigenvalue weighted by atomic mass is 79.9. The second kappa shape index (κ2) is 9.25. The minimum atomic E-state index is -0.360. The Bertz CT molecular complexity index is 1100. The molecular formula is C21H22BrN7O2. The quantitative estimate of drug-likeness (QED) is 0.499. The number of nitrogens with zero attached hydrogens (tertiary/aromatic N) is 5. The van der Waals surface area contributed by atoms with Crippen molar-refractivity contribution in [2.24, 2.45) is 5.92 Å². The Kier molecular flexibility index (Phi) is 6.26. The summed E-state index contributed by atoms with van der Waals surface area (Å²) >= 11 is 3.42. The summed E-state index contributed by atoms with van der Waals surface area (Å²) in [6.45, 7) is 3.20. The maximum absolute atomic E-state index is 12.5. The van der Waals surface area contributed by atoms with E-state index < -0.39 is 0 Å². The SMILES string of the molecule is Cc1nccn1-c1cc(NCCNC(=O)[C@H]2CC(=O)N(c3cccc(Br)c3)C2)ncn1. The molecule has 1 aliphatic rings. The lowest BCUT2D eigenvalue weighted by molar-refractivity contribution is -0.126. The van der Waals surface area contributed by atoms with Gasteiger partial charge in [0, 0.05) is 54.7 Å². The summed E-state index contributed by atoms with van der Waals surface area (Å²) < 4.78 is 2.76. The Morgan fingerprint density at radius 2 is 2.10 bits per heavy atom. The molecule has 0 saturated carbocycles. The average molecular weight is 484 g/mol. The first-order valence-electron chi connectivity index (χ1n) is 9.91. The highest BCUT2D eigenvalue weighted by Gasteiger charge is 2.34. The molecule has 31 heavy (non-hydrogen) atoms. The van der Waals surface area contributed by atoms with Gasteiger partial charge < -0.3 is 15.5 Å². The molecule has 1 aliphatic heterocycles. The number of carbonyl (C=O) groups is 2. The predicted octanol–water partition coefficient (Wildman–Crippen LogP) is 2.31. The number of nitrogens with one attached hydrogen (secondary N) is 2. The molecule has 0 unspecified atom stereocenters. The number of halogens is 1. The third kappa shape index (κ3) is 4.91. The summed E-state index contributed by atoms with van der Waals surface area (Å²) in [5.74, 6) is 1.68.